The van der Waals surface area contributed by atoms with E-state index in [0.717, 1.165) is 6.42 Å². The first kappa shape index (κ1) is 14.8. The summed E-state index contributed by atoms with van der Waals surface area (Å²) < 4.78 is 0. The average Bonchev–Trinajstić information content (AvgIpc) is 2.47. The van der Waals surface area contributed by atoms with E-state index in [-0.39, 0.29) is 22.6 Å². The number of hydrogen-bond acceptors (Lipinski definition) is 5. The molecule has 2 atom stereocenters. The highest BCUT2D eigenvalue weighted by molar-refractivity contribution is 5.93. The molecule has 4 aliphatic heterocycles. The van der Waals surface area contributed by atoms with Gasteiger partial charge in [-0.05, 0) is 13.3 Å². The van der Waals surface area contributed by atoms with Crippen LogP contribution in [-0.4, -0.2) is 51.7 Å². The fraction of sp³-hybridized carbons (Fsp3) is 0.688. The molecule has 4 fully saturated rings. The maximum atomic E-state index is 12.9. The molecule has 1 aromatic rings. The first-order valence-electron chi connectivity index (χ1n) is 8.16. The number of rotatable bonds is 2. The third kappa shape index (κ3) is 1.80. The van der Waals surface area contributed by atoms with Crippen LogP contribution >= 0.6 is 0 Å². The van der Waals surface area contributed by atoms with Crippen LogP contribution in [0.4, 0.5) is 0 Å². The van der Waals surface area contributed by atoms with Gasteiger partial charge >= 0.3 is 5.69 Å². The number of H-pyrrole nitrogens is 2. The summed E-state index contributed by atoms with van der Waals surface area (Å²) in [6.45, 7) is 8.63. The molecule has 1 aromatic heterocycles. The highest BCUT2D eigenvalue weighted by Crippen LogP contribution is 2.53. The predicted octanol–water partition coefficient (Wildman–Crippen LogP) is -0.0132. The normalized spacial score (nSPS) is 41.5. The minimum absolute atomic E-state index is 0.120. The molecule has 124 valence electrons. The van der Waals surface area contributed by atoms with E-state index in [1.807, 2.05) is 6.92 Å². The number of carbonyl (C=O) groups is 1. The number of aromatic nitrogens is 2. The van der Waals surface area contributed by atoms with Crippen LogP contribution in [0.3, 0.4) is 0 Å². The quantitative estimate of drug-likeness (QED) is 0.800. The third-order valence-corrected chi connectivity index (χ3v) is 5.99. The predicted molar refractivity (Wildman–Crippen MR) is 84.1 cm³/mol. The van der Waals surface area contributed by atoms with Crippen molar-refractivity contribution >= 4 is 5.78 Å². The summed E-state index contributed by atoms with van der Waals surface area (Å²) in [4.78, 5) is 46.2. The van der Waals surface area contributed by atoms with Crippen LogP contribution in [0.5, 0.6) is 0 Å². The fourth-order valence-corrected chi connectivity index (χ4v) is 4.96. The second kappa shape index (κ2) is 4.42. The minimum Gasteiger partial charge on any atom is -0.308 e. The van der Waals surface area contributed by atoms with Crippen LogP contribution in [-0.2, 0) is 4.79 Å². The van der Waals surface area contributed by atoms with Crippen LogP contribution < -0.4 is 11.2 Å². The first-order valence-corrected chi connectivity index (χ1v) is 8.16. The molecule has 0 amide bonds. The number of ketones is 1. The molecule has 2 unspecified atom stereocenters. The Hall–Kier alpha value is -1.73. The van der Waals surface area contributed by atoms with Gasteiger partial charge in [0.2, 0.25) is 0 Å². The van der Waals surface area contributed by atoms with Gasteiger partial charge in [0.1, 0.15) is 11.9 Å². The lowest BCUT2D eigenvalue weighted by molar-refractivity contribution is -0.201. The fourth-order valence-electron chi connectivity index (χ4n) is 4.96. The number of nitrogens with zero attached hydrogens (tertiary/aromatic N) is 2. The topological polar surface area (TPSA) is 89.3 Å². The van der Waals surface area contributed by atoms with Gasteiger partial charge in [-0.25, -0.2) is 4.79 Å². The first-order chi connectivity index (χ1) is 10.8. The van der Waals surface area contributed by atoms with Crippen molar-refractivity contribution in [2.24, 2.45) is 10.8 Å². The SMILES string of the molecule is CCC12CN3CC(C)(CN(C1)C3c1[nH]c(=O)[nH]c(=O)c1C)C2=O. The summed E-state index contributed by atoms with van der Waals surface area (Å²) in [5.74, 6) is 0.384. The van der Waals surface area contributed by atoms with Crippen molar-refractivity contribution in [2.75, 3.05) is 26.2 Å². The Morgan fingerprint density at radius 1 is 1.09 bits per heavy atom. The van der Waals surface area contributed by atoms with Crippen molar-refractivity contribution in [2.45, 2.75) is 33.4 Å². The monoisotopic (exact) mass is 318 g/mol. The second-order valence-corrected chi connectivity index (χ2v) is 7.65. The molecule has 23 heavy (non-hydrogen) atoms. The van der Waals surface area contributed by atoms with Gasteiger partial charge in [-0.2, -0.15) is 0 Å². The second-order valence-electron chi connectivity index (χ2n) is 7.65. The molecule has 4 saturated heterocycles. The van der Waals surface area contributed by atoms with Gasteiger partial charge in [0, 0.05) is 31.7 Å². The van der Waals surface area contributed by atoms with Crippen molar-refractivity contribution in [1.82, 2.24) is 19.8 Å². The Morgan fingerprint density at radius 3 is 2.26 bits per heavy atom. The molecule has 0 aromatic carbocycles. The molecule has 4 bridgehead atoms. The lowest BCUT2D eigenvalue weighted by Crippen LogP contribution is -2.76. The molecule has 0 saturated carbocycles. The molecule has 4 aliphatic rings. The molecule has 5 heterocycles. The van der Waals surface area contributed by atoms with Crippen LogP contribution in [0.25, 0.3) is 0 Å². The largest absolute Gasteiger partial charge is 0.326 e. The maximum Gasteiger partial charge on any atom is 0.326 e. The molecule has 2 N–H and O–H groups in total. The minimum atomic E-state index is -0.473. The van der Waals surface area contributed by atoms with Gasteiger partial charge in [0.05, 0.1) is 16.5 Å². The van der Waals surface area contributed by atoms with Gasteiger partial charge in [-0.15, -0.1) is 0 Å². The van der Waals surface area contributed by atoms with Gasteiger partial charge in [0.15, 0.2) is 0 Å². The third-order valence-electron chi connectivity index (χ3n) is 5.99. The highest BCUT2D eigenvalue weighted by Gasteiger charge is 2.63. The number of Topliss-reactive ketones (excluding diaryl/α,β-unsaturated/α-hetero) is 1. The van der Waals surface area contributed by atoms with Gasteiger partial charge in [0.25, 0.3) is 5.56 Å². The zero-order valence-corrected chi connectivity index (χ0v) is 13.7. The number of hydrogen-bond donors (Lipinski definition) is 2. The number of aromatic amines is 2. The standard InChI is InChI=1S/C16H22N4O3/c1-4-16-7-19-5-15(3,13(16)22)6-20(8-16)12(19)10-9(2)11(21)18-14(23)17-10/h12H,4-8H2,1-3H3,(H2,17,18,21,23). The molecular weight excluding hydrogens is 296 g/mol. The zero-order valence-electron chi connectivity index (χ0n) is 13.7. The Kier molecular flexibility index (Phi) is 2.85. The molecule has 5 rings (SSSR count). The van der Waals surface area contributed by atoms with Crippen LogP contribution in [0.2, 0.25) is 0 Å². The summed E-state index contributed by atoms with van der Waals surface area (Å²) in [7, 11) is 0. The molecular formula is C16H22N4O3. The Balaban J connectivity index is 1.83. The smallest absolute Gasteiger partial charge is 0.308 e. The summed E-state index contributed by atoms with van der Waals surface area (Å²) in [6.07, 6.45) is 0.706. The molecule has 0 spiro atoms. The molecule has 0 radical (unpaired) electrons. The van der Waals surface area contributed by atoms with E-state index in [4.69, 9.17) is 0 Å². The Labute approximate surface area is 133 Å². The van der Waals surface area contributed by atoms with E-state index < -0.39 is 5.69 Å². The van der Waals surface area contributed by atoms with E-state index in [0.29, 0.717) is 43.2 Å². The zero-order chi connectivity index (χ0) is 16.6. The van der Waals surface area contributed by atoms with Crippen molar-refractivity contribution in [3.63, 3.8) is 0 Å². The Bertz CT molecular complexity index is 792. The molecule has 7 nitrogen and oxygen atoms in total. The summed E-state index contributed by atoms with van der Waals surface area (Å²) >= 11 is 0. The van der Waals surface area contributed by atoms with Crippen molar-refractivity contribution in [3.05, 3.63) is 32.1 Å². The van der Waals surface area contributed by atoms with E-state index in [1.54, 1.807) is 6.92 Å². The van der Waals surface area contributed by atoms with Gasteiger partial charge < -0.3 is 4.98 Å². The van der Waals surface area contributed by atoms with Gasteiger partial charge in [-0.3, -0.25) is 24.4 Å². The summed E-state index contributed by atoms with van der Waals surface area (Å²) in [5.41, 5.74) is -0.258. The summed E-state index contributed by atoms with van der Waals surface area (Å²) in [5, 5.41) is 0. The van der Waals surface area contributed by atoms with E-state index in [2.05, 4.69) is 26.7 Å². The molecule has 7 heteroatoms. The van der Waals surface area contributed by atoms with Crippen LogP contribution in [0, 0.1) is 17.8 Å². The summed E-state index contributed by atoms with van der Waals surface area (Å²) in [6, 6.07) is 0. The lowest BCUT2D eigenvalue weighted by Gasteiger charge is -2.65. The van der Waals surface area contributed by atoms with Crippen molar-refractivity contribution in [3.8, 4) is 0 Å². The maximum absolute atomic E-state index is 12.9. The average molecular weight is 318 g/mol. The van der Waals surface area contributed by atoms with E-state index >= 15 is 0 Å². The van der Waals surface area contributed by atoms with Crippen LogP contribution in [0.15, 0.2) is 9.59 Å². The lowest BCUT2D eigenvalue weighted by atomic mass is 9.60. The van der Waals surface area contributed by atoms with Crippen molar-refractivity contribution < 1.29 is 4.79 Å². The van der Waals surface area contributed by atoms with Crippen LogP contribution in [0.1, 0.15) is 37.7 Å². The highest BCUT2D eigenvalue weighted by atomic mass is 16.2. The number of nitrogens with one attached hydrogen (secondary N) is 2. The van der Waals surface area contributed by atoms with E-state index in [9.17, 15) is 14.4 Å². The molecule has 0 aliphatic carbocycles. The van der Waals surface area contributed by atoms with Crippen molar-refractivity contribution in [1.29, 1.82) is 0 Å². The van der Waals surface area contributed by atoms with E-state index in [1.165, 1.54) is 0 Å². The Morgan fingerprint density at radius 2 is 1.70 bits per heavy atom. The number of piperidine rings is 2. The number of carbonyl (C=O) groups excluding carboxylic acids is 1. The van der Waals surface area contributed by atoms with Gasteiger partial charge in [-0.1, -0.05) is 13.8 Å².